The van der Waals surface area contributed by atoms with E-state index < -0.39 is 10.0 Å². The molecule has 0 saturated carbocycles. The normalized spacial score (nSPS) is 10.8. The number of sulfonamides is 1. The average Bonchev–Trinajstić information content (AvgIpc) is 2.75. The molecule has 0 radical (unpaired) electrons. The van der Waals surface area contributed by atoms with Crippen LogP contribution in [0, 0.1) is 18.3 Å². The highest BCUT2D eigenvalue weighted by Crippen LogP contribution is 2.26. The van der Waals surface area contributed by atoms with E-state index in [1.807, 2.05) is 0 Å². The molecule has 0 bridgehead atoms. The standard InChI is InChI=1S/C23H21N3O3S/c1-17-16-19(23(27)25-20-11-8-18(9-12-20)14-15-24)10-13-22(17)26(2)30(28,29)21-6-4-3-5-7-21/h3-13,16H,14H2,1-2H3,(H,25,27). The van der Waals surface area contributed by atoms with Crippen molar-refractivity contribution in [2.45, 2.75) is 18.2 Å². The van der Waals surface area contributed by atoms with E-state index >= 15 is 0 Å². The van der Waals surface area contributed by atoms with Crippen molar-refractivity contribution in [2.75, 3.05) is 16.7 Å². The van der Waals surface area contributed by atoms with Gasteiger partial charge in [-0.1, -0.05) is 30.3 Å². The zero-order valence-electron chi connectivity index (χ0n) is 16.7. The lowest BCUT2D eigenvalue weighted by atomic mass is 10.1. The molecule has 0 saturated heterocycles. The Morgan fingerprint density at radius 3 is 2.30 bits per heavy atom. The van der Waals surface area contributed by atoms with Gasteiger partial charge < -0.3 is 5.32 Å². The first-order valence-corrected chi connectivity index (χ1v) is 10.7. The molecule has 0 aromatic heterocycles. The Kier molecular flexibility index (Phi) is 6.19. The summed E-state index contributed by atoms with van der Waals surface area (Å²) in [6.07, 6.45) is 0.314. The number of amides is 1. The summed E-state index contributed by atoms with van der Waals surface area (Å²) in [7, 11) is -2.20. The summed E-state index contributed by atoms with van der Waals surface area (Å²) in [6.45, 7) is 1.76. The van der Waals surface area contributed by atoms with Crippen molar-refractivity contribution in [1.82, 2.24) is 0 Å². The van der Waals surface area contributed by atoms with Gasteiger partial charge in [-0.2, -0.15) is 5.26 Å². The molecule has 3 rings (SSSR count). The van der Waals surface area contributed by atoms with Crippen LogP contribution in [-0.4, -0.2) is 21.4 Å². The van der Waals surface area contributed by atoms with E-state index in [2.05, 4.69) is 11.4 Å². The molecule has 0 aliphatic carbocycles. The summed E-state index contributed by atoms with van der Waals surface area (Å²) in [5.41, 5.74) is 3.07. The Morgan fingerprint density at radius 1 is 1.03 bits per heavy atom. The topological polar surface area (TPSA) is 90.3 Å². The highest BCUT2D eigenvalue weighted by atomic mass is 32.2. The fourth-order valence-corrected chi connectivity index (χ4v) is 4.31. The van der Waals surface area contributed by atoms with Crippen LogP contribution in [0.2, 0.25) is 0 Å². The van der Waals surface area contributed by atoms with Gasteiger partial charge in [0.1, 0.15) is 0 Å². The fraction of sp³-hybridized carbons (Fsp3) is 0.130. The van der Waals surface area contributed by atoms with E-state index in [0.29, 0.717) is 28.9 Å². The largest absolute Gasteiger partial charge is 0.322 e. The van der Waals surface area contributed by atoms with E-state index in [-0.39, 0.29) is 10.8 Å². The minimum Gasteiger partial charge on any atom is -0.322 e. The van der Waals surface area contributed by atoms with E-state index in [0.717, 1.165) is 5.56 Å². The van der Waals surface area contributed by atoms with Gasteiger partial charge in [-0.15, -0.1) is 0 Å². The van der Waals surface area contributed by atoms with Gasteiger partial charge in [0.2, 0.25) is 0 Å². The van der Waals surface area contributed by atoms with Crippen molar-refractivity contribution in [2.24, 2.45) is 0 Å². The van der Waals surface area contributed by atoms with Gasteiger partial charge in [-0.3, -0.25) is 9.10 Å². The van der Waals surface area contributed by atoms with Gasteiger partial charge in [-0.25, -0.2) is 8.42 Å². The van der Waals surface area contributed by atoms with Gasteiger partial charge in [0.05, 0.1) is 23.1 Å². The number of nitrogens with one attached hydrogen (secondary N) is 1. The number of aryl methyl sites for hydroxylation is 1. The molecule has 0 fully saturated rings. The van der Waals surface area contributed by atoms with Gasteiger partial charge in [-0.05, 0) is 60.5 Å². The Morgan fingerprint density at radius 2 is 1.70 bits per heavy atom. The maximum atomic E-state index is 12.8. The Bertz CT molecular complexity index is 1200. The van der Waals surface area contributed by atoms with Crippen molar-refractivity contribution < 1.29 is 13.2 Å². The number of hydrogen-bond donors (Lipinski definition) is 1. The second-order valence-electron chi connectivity index (χ2n) is 6.77. The van der Waals surface area contributed by atoms with Crippen molar-refractivity contribution in [3.8, 4) is 6.07 Å². The van der Waals surface area contributed by atoms with Crippen LogP contribution in [-0.2, 0) is 16.4 Å². The minimum absolute atomic E-state index is 0.202. The van der Waals surface area contributed by atoms with Gasteiger partial charge >= 0.3 is 0 Å². The molecular formula is C23H21N3O3S. The molecule has 1 N–H and O–H groups in total. The third kappa shape index (κ3) is 4.50. The molecular weight excluding hydrogens is 398 g/mol. The van der Waals surface area contributed by atoms with Crippen molar-refractivity contribution in [1.29, 1.82) is 5.26 Å². The maximum Gasteiger partial charge on any atom is 0.264 e. The molecule has 0 atom stereocenters. The SMILES string of the molecule is Cc1cc(C(=O)Nc2ccc(CC#N)cc2)ccc1N(C)S(=O)(=O)c1ccccc1. The van der Waals surface area contributed by atoms with Crippen LogP contribution < -0.4 is 9.62 Å². The first-order chi connectivity index (χ1) is 14.3. The number of benzene rings is 3. The summed E-state index contributed by atoms with van der Waals surface area (Å²) >= 11 is 0. The highest BCUT2D eigenvalue weighted by Gasteiger charge is 2.22. The summed E-state index contributed by atoms with van der Waals surface area (Å²) in [4.78, 5) is 12.8. The van der Waals surface area contributed by atoms with Crippen LogP contribution >= 0.6 is 0 Å². The van der Waals surface area contributed by atoms with E-state index in [4.69, 9.17) is 5.26 Å². The zero-order valence-corrected chi connectivity index (χ0v) is 17.5. The number of carbonyl (C=O) groups excluding carboxylic acids is 1. The van der Waals surface area contributed by atoms with Crippen LogP contribution in [0.1, 0.15) is 21.5 Å². The van der Waals surface area contributed by atoms with Crippen LogP contribution in [0.15, 0.2) is 77.7 Å². The monoisotopic (exact) mass is 419 g/mol. The first-order valence-electron chi connectivity index (χ1n) is 9.25. The second-order valence-corrected chi connectivity index (χ2v) is 8.74. The molecule has 0 spiro atoms. The fourth-order valence-electron chi connectivity index (χ4n) is 3.03. The highest BCUT2D eigenvalue weighted by molar-refractivity contribution is 7.92. The number of carbonyl (C=O) groups is 1. The summed E-state index contributed by atoms with van der Waals surface area (Å²) in [6, 6.07) is 22.2. The lowest BCUT2D eigenvalue weighted by Gasteiger charge is -2.22. The minimum atomic E-state index is -3.70. The molecule has 30 heavy (non-hydrogen) atoms. The smallest absolute Gasteiger partial charge is 0.264 e. The molecule has 7 heteroatoms. The maximum absolute atomic E-state index is 12.8. The van der Waals surface area contributed by atoms with Crippen molar-refractivity contribution in [3.63, 3.8) is 0 Å². The number of nitrogens with zero attached hydrogens (tertiary/aromatic N) is 2. The third-order valence-electron chi connectivity index (χ3n) is 4.69. The Balaban J connectivity index is 1.79. The van der Waals surface area contributed by atoms with Crippen LogP contribution in [0.4, 0.5) is 11.4 Å². The van der Waals surface area contributed by atoms with Gasteiger partial charge in [0, 0.05) is 18.3 Å². The van der Waals surface area contributed by atoms with E-state index in [1.165, 1.54) is 11.4 Å². The van der Waals surface area contributed by atoms with Crippen molar-refractivity contribution >= 4 is 27.3 Å². The lowest BCUT2D eigenvalue weighted by molar-refractivity contribution is 0.102. The molecule has 0 heterocycles. The molecule has 152 valence electrons. The quantitative estimate of drug-likeness (QED) is 0.650. The first kappa shape index (κ1) is 21.1. The Labute approximate surface area is 176 Å². The van der Waals surface area contributed by atoms with Crippen LogP contribution in [0.5, 0.6) is 0 Å². The lowest BCUT2D eigenvalue weighted by Crippen LogP contribution is -2.27. The van der Waals surface area contributed by atoms with Crippen molar-refractivity contribution in [3.05, 3.63) is 89.5 Å². The molecule has 6 nitrogen and oxygen atoms in total. The summed E-state index contributed by atoms with van der Waals surface area (Å²) < 4.78 is 26.9. The van der Waals surface area contributed by atoms with E-state index in [1.54, 1.807) is 79.7 Å². The zero-order chi connectivity index (χ0) is 21.7. The summed E-state index contributed by atoms with van der Waals surface area (Å²) in [5.74, 6) is -0.300. The molecule has 1 amide bonds. The van der Waals surface area contributed by atoms with Crippen LogP contribution in [0.3, 0.4) is 0 Å². The molecule has 3 aromatic rings. The number of hydrogen-bond acceptors (Lipinski definition) is 4. The third-order valence-corrected chi connectivity index (χ3v) is 6.48. The van der Waals surface area contributed by atoms with Gasteiger partial charge in [0.25, 0.3) is 15.9 Å². The molecule has 3 aromatic carbocycles. The number of rotatable bonds is 6. The number of nitriles is 1. The molecule has 0 aliphatic heterocycles. The molecule has 0 unspecified atom stereocenters. The Hall–Kier alpha value is -3.63. The predicted molar refractivity (Wildman–Crippen MR) is 117 cm³/mol. The molecule has 0 aliphatic rings. The summed E-state index contributed by atoms with van der Waals surface area (Å²) in [5, 5.41) is 11.5. The predicted octanol–water partition coefficient (Wildman–Crippen LogP) is 4.14. The van der Waals surface area contributed by atoms with Crippen LogP contribution in [0.25, 0.3) is 0 Å². The van der Waals surface area contributed by atoms with E-state index in [9.17, 15) is 13.2 Å². The average molecular weight is 420 g/mol. The second kappa shape index (κ2) is 8.80. The number of anilines is 2. The van der Waals surface area contributed by atoms with Gasteiger partial charge in [0.15, 0.2) is 0 Å².